The Bertz CT molecular complexity index is 292. The average molecular weight is 284 g/mol. The number of hydrogen-bond acceptors (Lipinski definition) is 4. The largest absolute Gasteiger partial charge is 0.468 e. The molecule has 2 N–H and O–H groups in total. The number of likely N-dealkylation sites (tertiary alicyclic amines) is 1. The van der Waals surface area contributed by atoms with Crippen molar-refractivity contribution in [1.29, 1.82) is 0 Å². The third kappa shape index (κ3) is 5.41. The van der Waals surface area contributed by atoms with Crippen molar-refractivity contribution in [2.45, 2.75) is 76.8 Å². The fourth-order valence-corrected chi connectivity index (χ4v) is 3.14. The second-order valence-electron chi connectivity index (χ2n) is 6.31. The summed E-state index contributed by atoms with van der Waals surface area (Å²) in [6, 6.07) is 0.752. The number of rotatable bonds is 7. The highest BCUT2D eigenvalue weighted by molar-refractivity contribution is 5.79. The molecule has 1 aliphatic rings. The molecule has 0 aliphatic carbocycles. The van der Waals surface area contributed by atoms with Crippen LogP contribution >= 0.6 is 0 Å². The molecule has 0 aromatic rings. The molecule has 20 heavy (non-hydrogen) atoms. The van der Waals surface area contributed by atoms with Gasteiger partial charge in [-0.1, -0.05) is 19.8 Å². The zero-order valence-electron chi connectivity index (χ0n) is 13.5. The maximum absolute atomic E-state index is 11.5. The molecule has 0 bridgehead atoms. The summed E-state index contributed by atoms with van der Waals surface area (Å²) >= 11 is 0. The molecule has 0 aromatic heterocycles. The van der Waals surface area contributed by atoms with Gasteiger partial charge >= 0.3 is 5.97 Å². The van der Waals surface area contributed by atoms with Gasteiger partial charge in [0.15, 0.2) is 0 Å². The Balaban J connectivity index is 2.30. The van der Waals surface area contributed by atoms with Gasteiger partial charge in [-0.15, -0.1) is 0 Å². The van der Waals surface area contributed by atoms with Gasteiger partial charge in [-0.05, 0) is 58.5 Å². The Kier molecular flexibility index (Phi) is 7.52. The summed E-state index contributed by atoms with van der Waals surface area (Å²) in [5, 5.41) is 0. The summed E-state index contributed by atoms with van der Waals surface area (Å²) in [5.41, 5.74) is 5.14. The van der Waals surface area contributed by atoms with Gasteiger partial charge < -0.3 is 15.4 Å². The fraction of sp³-hybridized carbons (Fsp3) is 0.938. The number of nitrogens with two attached hydrogens (primary N) is 1. The molecular weight excluding hydrogens is 252 g/mol. The van der Waals surface area contributed by atoms with Crippen molar-refractivity contribution >= 4 is 5.97 Å². The summed E-state index contributed by atoms with van der Waals surface area (Å²) in [5.74, 6) is -0.307. The molecule has 1 fully saturated rings. The van der Waals surface area contributed by atoms with Crippen molar-refractivity contribution in [2.75, 3.05) is 20.2 Å². The van der Waals surface area contributed by atoms with E-state index in [9.17, 15) is 4.79 Å². The normalized spacial score (nSPS) is 23.9. The summed E-state index contributed by atoms with van der Waals surface area (Å²) in [6.07, 6.45) is 9.45. The molecule has 2 atom stereocenters. The average Bonchev–Trinajstić information content (AvgIpc) is 2.67. The highest BCUT2D eigenvalue weighted by Crippen LogP contribution is 2.20. The summed E-state index contributed by atoms with van der Waals surface area (Å²) < 4.78 is 4.74. The minimum atomic E-state index is -0.836. The molecule has 118 valence electrons. The molecule has 1 saturated heterocycles. The molecule has 4 nitrogen and oxygen atoms in total. The van der Waals surface area contributed by atoms with Crippen molar-refractivity contribution in [3.05, 3.63) is 0 Å². The van der Waals surface area contributed by atoms with Crippen LogP contribution in [0, 0.1) is 0 Å². The van der Waals surface area contributed by atoms with Crippen LogP contribution in [-0.2, 0) is 9.53 Å². The highest BCUT2D eigenvalue weighted by Gasteiger charge is 2.28. The maximum Gasteiger partial charge on any atom is 0.325 e. The van der Waals surface area contributed by atoms with Gasteiger partial charge in [-0.25, -0.2) is 0 Å². The molecular formula is C16H32N2O2. The quantitative estimate of drug-likeness (QED) is 0.577. The second-order valence-corrected chi connectivity index (χ2v) is 6.31. The van der Waals surface area contributed by atoms with E-state index >= 15 is 0 Å². The number of carbonyl (C=O) groups excluding carboxylic acids is 1. The Hall–Kier alpha value is -0.610. The molecule has 0 radical (unpaired) electrons. The van der Waals surface area contributed by atoms with E-state index in [1.54, 1.807) is 6.92 Å². The van der Waals surface area contributed by atoms with Crippen molar-refractivity contribution in [3.63, 3.8) is 0 Å². The summed E-state index contributed by atoms with van der Waals surface area (Å²) in [6.45, 7) is 6.42. The molecule has 0 spiro atoms. The number of ether oxygens (including phenoxy) is 1. The third-order valence-corrected chi connectivity index (χ3v) is 4.51. The highest BCUT2D eigenvalue weighted by atomic mass is 16.5. The number of esters is 1. The van der Waals surface area contributed by atoms with Crippen LogP contribution in [0.25, 0.3) is 0 Å². The first-order valence-corrected chi connectivity index (χ1v) is 8.12. The van der Waals surface area contributed by atoms with E-state index in [2.05, 4.69) is 11.8 Å². The number of methoxy groups -OCH3 is 1. The molecule has 0 amide bonds. The molecule has 1 aliphatic heterocycles. The SMILES string of the molecule is CCC1CCCCCN1CCCCC(C)(N)C(=O)OC. The first-order chi connectivity index (χ1) is 9.51. The molecule has 0 aromatic carbocycles. The molecule has 4 heteroatoms. The van der Waals surface area contributed by atoms with Crippen LogP contribution in [0.1, 0.15) is 65.2 Å². The van der Waals surface area contributed by atoms with E-state index in [1.807, 2.05) is 0 Å². The van der Waals surface area contributed by atoms with Gasteiger partial charge in [0.2, 0.25) is 0 Å². The van der Waals surface area contributed by atoms with Gasteiger partial charge in [-0.2, -0.15) is 0 Å². The van der Waals surface area contributed by atoms with Gasteiger partial charge in [0.25, 0.3) is 0 Å². The Labute approximate surface area is 124 Å². The van der Waals surface area contributed by atoms with E-state index in [4.69, 9.17) is 10.5 Å². The van der Waals surface area contributed by atoms with Crippen LogP contribution in [0.2, 0.25) is 0 Å². The lowest BCUT2D eigenvalue weighted by atomic mass is 9.96. The first kappa shape index (κ1) is 17.4. The van der Waals surface area contributed by atoms with E-state index in [0.717, 1.165) is 25.4 Å². The zero-order valence-corrected chi connectivity index (χ0v) is 13.5. The zero-order chi connectivity index (χ0) is 15.0. The first-order valence-electron chi connectivity index (χ1n) is 8.12. The second kappa shape index (κ2) is 8.63. The number of nitrogens with zero attached hydrogens (tertiary/aromatic N) is 1. The number of unbranched alkanes of at least 4 members (excludes halogenated alkanes) is 1. The lowest BCUT2D eigenvalue weighted by Gasteiger charge is -2.29. The minimum absolute atomic E-state index is 0.307. The van der Waals surface area contributed by atoms with Gasteiger partial charge in [0.1, 0.15) is 5.54 Å². The minimum Gasteiger partial charge on any atom is -0.468 e. The predicted molar refractivity (Wildman–Crippen MR) is 82.6 cm³/mol. The van der Waals surface area contributed by atoms with E-state index in [1.165, 1.54) is 45.8 Å². The van der Waals surface area contributed by atoms with E-state index < -0.39 is 5.54 Å². The third-order valence-electron chi connectivity index (χ3n) is 4.51. The van der Waals surface area contributed by atoms with Crippen LogP contribution in [-0.4, -0.2) is 42.6 Å². The lowest BCUT2D eigenvalue weighted by molar-refractivity contribution is -0.146. The molecule has 0 saturated carbocycles. The Morgan fingerprint density at radius 3 is 2.75 bits per heavy atom. The predicted octanol–water partition coefficient (Wildman–Crippen LogP) is 2.70. The summed E-state index contributed by atoms with van der Waals surface area (Å²) in [7, 11) is 1.40. The number of carbonyl (C=O) groups is 1. The topological polar surface area (TPSA) is 55.6 Å². The monoisotopic (exact) mass is 284 g/mol. The van der Waals surface area contributed by atoms with Crippen molar-refractivity contribution in [1.82, 2.24) is 4.90 Å². The molecule has 1 rings (SSSR count). The smallest absolute Gasteiger partial charge is 0.325 e. The maximum atomic E-state index is 11.5. The van der Waals surface area contributed by atoms with Crippen LogP contribution in [0.3, 0.4) is 0 Å². The van der Waals surface area contributed by atoms with Crippen LogP contribution in [0.4, 0.5) is 0 Å². The van der Waals surface area contributed by atoms with Crippen molar-refractivity contribution in [3.8, 4) is 0 Å². The Morgan fingerprint density at radius 1 is 1.35 bits per heavy atom. The standard InChI is InChI=1S/C16H32N2O2/c1-4-14-10-6-5-8-12-18(14)13-9-7-11-16(2,17)15(19)20-3/h14H,4-13,17H2,1-3H3. The number of hydrogen-bond donors (Lipinski definition) is 1. The van der Waals surface area contributed by atoms with E-state index in [-0.39, 0.29) is 5.97 Å². The molecule has 1 heterocycles. The molecule has 2 unspecified atom stereocenters. The fourth-order valence-electron chi connectivity index (χ4n) is 3.14. The van der Waals surface area contributed by atoms with Crippen LogP contribution < -0.4 is 5.73 Å². The van der Waals surface area contributed by atoms with Crippen LogP contribution in [0.15, 0.2) is 0 Å². The van der Waals surface area contributed by atoms with E-state index in [0.29, 0.717) is 6.42 Å². The van der Waals surface area contributed by atoms with Gasteiger partial charge in [0.05, 0.1) is 7.11 Å². The van der Waals surface area contributed by atoms with Gasteiger partial charge in [-0.3, -0.25) is 4.79 Å². The summed E-state index contributed by atoms with van der Waals surface area (Å²) in [4.78, 5) is 14.2. The van der Waals surface area contributed by atoms with Gasteiger partial charge in [0, 0.05) is 6.04 Å². The van der Waals surface area contributed by atoms with Crippen molar-refractivity contribution < 1.29 is 9.53 Å². The van der Waals surface area contributed by atoms with Crippen molar-refractivity contribution in [2.24, 2.45) is 5.73 Å². The lowest BCUT2D eigenvalue weighted by Crippen LogP contribution is -2.45. The Morgan fingerprint density at radius 2 is 2.10 bits per heavy atom. The van der Waals surface area contributed by atoms with Crippen LogP contribution in [0.5, 0.6) is 0 Å².